The SMILES string of the molecule is COc1ccc(S(=O)(=O)N[C@@H](CO)C(=O)O)c([N+](=O)[O-])c1. The zero-order valence-electron chi connectivity index (χ0n) is 10.7. The minimum absolute atomic E-state index is 0.0672. The molecule has 3 N–H and O–H groups in total. The number of carboxylic acid groups (broad SMARTS) is 1. The summed E-state index contributed by atoms with van der Waals surface area (Å²) in [5.74, 6) is -1.55. The van der Waals surface area contributed by atoms with Crippen molar-refractivity contribution in [2.45, 2.75) is 10.9 Å². The number of hydrogen-bond acceptors (Lipinski definition) is 7. The molecular formula is C10H12N2O8S. The van der Waals surface area contributed by atoms with E-state index in [1.54, 1.807) is 4.72 Å². The van der Waals surface area contributed by atoms with Gasteiger partial charge in [0.2, 0.25) is 10.0 Å². The number of aliphatic hydroxyl groups is 1. The Balaban J connectivity index is 3.31. The molecule has 10 nitrogen and oxygen atoms in total. The fourth-order valence-corrected chi connectivity index (χ4v) is 2.74. The van der Waals surface area contributed by atoms with Gasteiger partial charge in [-0.2, -0.15) is 4.72 Å². The Morgan fingerprint density at radius 3 is 2.57 bits per heavy atom. The van der Waals surface area contributed by atoms with Crippen LogP contribution < -0.4 is 9.46 Å². The first-order chi connectivity index (χ1) is 9.72. The van der Waals surface area contributed by atoms with Crippen molar-refractivity contribution in [2.24, 2.45) is 0 Å². The highest BCUT2D eigenvalue weighted by Crippen LogP contribution is 2.28. The van der Waals surface area contributed by atoms with Crippen LogP contribution in [0.5, 0.6) is 5.75 Å². The van der Waals surface area contributed by atoms with Gasteiger partial charge in [-0.15, -0.1) is 0 Å². The first kappa shape index (κ1) is 16.8. The van der Waals surface area contributed by atoms with Crippen LogP contribution >= 0.6 is 0 Å². The van der Waals surface area contributed by atoms with Crippen LogP contribution in [0.25, 0.3) is 0 Å². The maximum Gasteiger partial charge on any atom is 0.324 e. The molecule has 1 rings (SSSR count). The van der Waals surface area contributed by atoms with Gasteiger partial charge in [0, 0.05) is 0 Å². The average Bonchev–Trinajstić information content (AvgIpc) is 2.43. The number of hydrogen-bond donors (Lipinski definition) is 3. The Labute approximate surface area is 119 Å². The molecule has 21 heavy (non-hydrogen) atoms. The van der Waals surface area contributed by atoms with Crippen molar-refractivity contribution >= 4 is 21.7 Å². The number of sulfonamides is 1. The Morgan fingerprint density at radius 2 is 2.14 bits per heavy atom. The van der Waals surface area contributed by atoms with Gasteiger partial charge >= 0.3 is 5.97 Å². The zero-order chi connectivity index (χ0) is 16.2. The highest BCUT2D eigenvalue weighted by atomic mass is 32.2. The largest absolute Gasteiger partial charge is 0.497 e. The number of nitrogens with one attached hydrogen (secondary N) is 1. The Morgan fingerprint density at radius 1 is 1.52 bits per heavy atom. The van der Waals surface area contributed by atoms with Gasteiger partial charge in [0.05, 0.1) is 24.7 Å². The first-order valence-electron chi connectivity index (χ1n) is 5.41. The second kappa shape index (κ2) is 6.47. The van der Waals surface area contributed by atoms with Gasteiger partial charge < -0.3 is 14.9 Å². The lowest BCUT2D eigenvalue weighted by Crippen LogP contribution is -2.43. The van der Waals surface area contributed by atoms with Crippen molar-refractivity contribution in [2.75, 3.05) is 13.7 Å². The Kier molecular flexibility index (Phi) is 5.18. The van der Waals surface area contributed by atoms with Crippen LogP contribution in [0.1, 0.15) is 0 Å². The van der Waals surface area contributed by atoms with E-state index < -0.39 is 44.1 Å². The quantitative estimate of drug-likeness (QED) is 0.441. The second-order valence-corrected chi connectivity index (χ2v) is 5.47. The zero-order valence-corrected chi connectivity index (χ0v) is 11.5. The van der Waals surface area contributed by atoms with Crippen LogP contribution in [0.4, 0.5) is 5.69 Å². The third-order valence-corrected chi connectivity index (χ3v) is 3.95. The summed E-state index contributed by atoms with van der Waals surface area (Å²) in [5.41, 5.74) is -0.774. The number of carbonyl (C=O) groups is 1. The van der Waals surface area contributed by atoms with Crippen molar-refractivity contribution in [3.05, 3.63) is 28.3 Å². The van der Waals surface area contributed by atoms with E-state index in [9.17, 15) is 23.3 Å². The Hall–Kier alpha value is -2.24. The fourth-order valence-electron chi connectivity index (χ4n) is 1.41. The number of carboxylic acids is 1. The summed E-state index contributed by atoms with van der Waals surface area (Å²) in [6.45, 7) is -1.00. The number of methoxy groups -OCH3 is 1. The summed E-state index contributed by atoms with van der Waals surface area (Å²) in [5, 5.41) is 28.4. The van der Waals surface area contributed by atoms with Crippen molar-refractivity contribution in [1.82, 2.24) is 4.72 Å². The smallest absolute Gasteiger partial charge is 0.324 e. The lowest BCUT2D eigenvalue weighted by molar-refractivity contribution is -0.387. The van der Waals surface area contributed by atoms with Gasteiger partial charge in [-0.25, -0.2) is 8.42 Å². The third kappa shape index (κ3) is 3.87. The molecule has 0 unspecified atom stereocenters. The van der Waals surface area contributed by atoms with Crippen LogP contribution in [0.3, 0.4) is 0 Å². The molecule has 116 valence electrons. The first-order valence-corrected chi connectivity index (χ1v) is 6.89. The van der Waals surface area contributed by atoms with Crippen molar-refractivity contribution in [1.29, 1.82) is 0 Å². The van der Waals surface area contributed by atoms with Crippen LogP contribution in [0, 0.1) is 10.1 Å². The molecule has 11 heteroatoms. The normalized spacial score (nSPS) is 12.7. The van der Waals surface area contributed by atoms with E-state index in [2.05, 4.69) is 0 Å². The van der Waals surface area contributed by atoms with Gasteiger partial charge in [-0.3, -0.25) is 14.9 Å². The van der Waals surface area contributed by atoms with E-state index in [1.807, 2.05) is 0 Å². The van der Waals surface area contributed by atoms with Gasteiger partial charge in [-0.05, 0) is 12.1 Å². The molecule has 0 bridgehead atoms. The van der Waals surface area contributed by atoms with Crippen LogP contribution in [0.2, 0.25) is 0 Å². The molecule has 0 spiro atoms. The van der Waals surface area contributed by atoms with Gasteiger partial charge in [0.25, 0.3) is 5.69 Å². The van der Waals surface area contributed by atoms with E-state index in [4.69, 9.17) is 14.9 Å². The number of aliphatic hydroxyl groups excluding tert-OH is 1. The second-order valence-electron chi connectivity index (χ2n) is 3.79. The molecule has 1 atom stereocenters. The molecule has 1 aromatic carbocycles. The molecule has 0 aliphatic rings. The molecular weight excluding hydrogens is 308 g/mol. The summed E-state index contributed by atoms with van der Waals surface area (Å²) in [7, 11) is -3.26. The minimum atomic E-state index is -4.51. The molecule has 0 radical (unpaired) electrons. The summed E-state index contributed by atoms with van der Waals surface area (Å²) in [6, 6.07) is 1.17. The summed E-state index contributed by atoms with van der Waals surface area (Å²) < 4.78 is 30.4. The van der Waals surface area contributed by atoms with E-state index in [-0.39, 0.29) is 5.75 Å². The topological polar surface area (TPSA) is 156 Å². The number of benzene rings is 1. The molecule has 0 saturated heterocycles. The number of ether oxygens (including phenoxy) is 1. The maximum atomic E-state index is 12.0. The standard InChI is InChI=1S/C10H12N2O8S/c1-20-6-2-3-9(8(4-6)12(16)17)21(18,19)11-7(5-13)10(14)15/h2-4,7,11,13H,5H2,1H3,(H,14,15)/t7-/m0/s1. The minimum Gasteiger partial charge on any atom is -0.497 e. The number of nitrogens with zero attached hydrogens (tertiary/aromatic N) is 1. The van der Waals surface area contributed by atoms with Crippen LogP contribution in [-0.2, 0) is 14.8 Å². The molecule has 0 aliphatic heterocycles. The number of nitro groups is 1. The predicted molar refractivity (Wildman–Crippen MR) is 68.5 cm³/mol. The van der Waals surface area contributed by atoms with E-state index in [0.717, 1.165) is 12.1 Å². The molecule has 0 heterocycles. The van der Waals surface area contributed by atoms with Gasteiger partial charge in [0.15, 0.2) is 4.90 Å². The number of nitro benzene ring substituents is 1. The van der Waals surface area contributed by atoms with E-state index >= 15 is 0 Å². The van der Waals surface area contributed by atoms with Crippen molar-refractivity contribution < 1.29 is 33.1 Å². The summed E-state index contributed by atoms with van der Waals surface area (Å²) in [4.78, 5) is 20.0. The predicted octanol–water partition coefficient (Wildman–Crippen LogP) is -0.673. The van der Waals surface area contributed by atoms with Gasteiger partial charge in [0.1, 0.15) is 11.8 Å². The summed E-state index contributed by atoms with van der Waals surface area (Å²) in [6.07, 6.45) is 0. The lowest BCUT2D eigenvalue weighted by Gasteiger charge is -2.12. The molecule has 0 aromatic heterocycles. The van der Waals surface area contributed by atoms with Crippen LogP contribution in [0.15, 0.2) is 23.1 Å². The number of aliphatic carboxylic acids is 1. The number of rotatable bonds is 7. The van der Waals surface area contributed by atoms with Gasteiger partial charge in [-0.1, -0.05) is 0 Å². The summed E-state index contributed by atoms with van der Waals surface area (Å²) >= 11 is 0. The maximum absolute atomic E-state index is 12.0. The van der Waals surface area contributed by atoms with Crippen LogP contribution in [-0.4, -0.2) is 49.3 Å². The van der Waals surface area contributed by atoms with E-state index in [1.165, 1.54) is 13.2 Å². The monoisotopic (exact) mass is 320 g/mol. The van der Waals surface area contributed by atoms with Crippen molar-refractivity contribution in [3.63, 3.8) is 0 Å². The lowest BCUT2D eigenvalue weighted by atomic mass is 10.3. The molecule has 0 aliphatic carbocycles. The highest BCUT2D eigenvalue weighted by Gasteiger charge is 2.30. The average molecular weight is 320 g/mol. The molecule has 1 aromatic rings. The van der Waals surface area contributed by atoms with E-state index in [0.29, 0.717) is 0 Å². The Bertz CT molecular complexity index is 657. The highest BCUT2D eigenvalue weighted by molar-refractivity contribution is 7.89. The molecule has 0 saturated carbocycles. The molecule has 0 amide bonds. The van der Waals surface area contributed by atoms with Crippen molar-refractivity contribution in [3.8, 4) is 5.75 Å². The third-order valence-electron chi connectivity index (χ3n) is 2.43. The molecule has 0 fully saturated rings. The fraction of sp³-hybridized carbons (Fsp3) is 0.300.